The lowest BCUT2D eigenvalue weighted by molar-refractivity contribution is 0.975. The molecular weight excluding hydrogens is 212 g/mol. The Hall–Kier alpha value is -1.97. The molecule has 17 heavy (non-hydrogen) atoms. The molecule has 0 radical (unpaired) electrons. The summed E-state index contributed by atoms with van der Waals surface area (Å²) in [4.78, 5) is 8.89. The van der Waals surface area contributed by atoms with Crippen LogP contribution in [0.1, 0.15) is 18.1 Å². The molecule has 4 nitrogen and oxygen atoms in total. The van der Waals surface area contributed by atoms with E-state index >= 15 is 0 Å². The number of nitrogens with one attached hydrogen (secondary N) is 1. The van der Waals surface area contributed by atoms with E-state index in [0.717, 1.165) is 36.7 Å². The number of aromatic amines is 1. The molecular formula is C13H16N4. The second-order valence-electron chi connectivity index (χ2n) is 3.84. The summed E-state index contributed by atoms with van der Waals surface area (Å²) in [6.07, 6.45) is 12.3. The van der Waals surface area contributed by atoms with E-state index in [4.69, 9.17) is 0 Å². The maximum atomic E-state index is 4.50. The van der Waals surface area contributed by atoms with Crippen LogP contribution in [0, 0.1) is 0 Å². The number of allylic oxidation sites excluding steroid dienone is 4. The Labute approximate surface area is 101 Å². The second-order valence-corrected chi connectivity index (χ2v) is 3.84. The predicted molar refractivity (Wildman–Crippen MR) is 69.2 cm³/mol. The lowest BCUT2D eigenvalue weighted by Crippen LogP contribution is -2.05. The number of hydrogen-bond donors (Lipinski definition) is 1. The van der Waals surface area contributed by atoms with Gasteiger partial charge in [0.2, 0.25) is 0 Å². The largest absolute Gasteiger partial charge is 0.289 e. The Morgan fingerprint density at radius 3 is 3.12 bits per heavy atom. The molecule has 0 aromatic carbocycles. The molecule has 1 aromatic rings. The van der Waals surface area contributed by atoms with Gasteiger partial charge in [0.05, 0.1) is 6.54 Å². The Kier molecular flexibility index (Phi) is 4.02. The molecule has 0 amide bonds. The highest BCUT2D eigenvalue weighted by molar-refractivity contribution is 5.87. The van der Waals surface area contributed by atoms with Crippen molar-refractivity contribution in [3.05, 3.63) is 48.6 Å². The third kappa shape index (κ3) is 3.52. The van der Waals surface area contributed by atoms with Gasteiger partial charge in [-0.2, -0.15) is 5.10 Å². The predicted octanol–water partition coefficient (Wildman–Crippen LogP) is 2.03. The third-order valence-electron chi connectivity index (χ3n) is 2.43. The summed E-state index contributed by atoms with van der Waals surface area (Å²) in [6, 6.07) is 0. The van der Waals surface area contributed by atoms with Gasteiger partial charge in [-0.15, -0.1) is 6.58 Å². The molecule has 2 heterocycles. The van der Waals surface area contributed by atoms with Crippen LogP contribution in [0.15, 0.2) is 42.0 Å². The van der Waals surface area contributed by atoms with Gasteiger partial charge in [0, 0.05) is 25.0 Å². The average molecular weight is 228 g/mol. The summed E-state index contributed by atoms with van der Waals surface area (Å²) in [5, 5.41) is 7.08. The minimum absolute atomic E-state index is 0.714. The van der Waals surface area contributed by atoms with Crippen LogP contribution >= 0.6 is 0 Å². The molecule has 2 rings (SSSR count). The van der Waals surface area contributed by atoms with Gasteiger partial charge in [-0.1, -0.05) is 30.4 Å². The zero-order valence-corrected chi connectivity index (χ0v) is 9.76. The maximum Gasteiger partial charge on any atom is 0.156 e. The molecule has 1 aromatic heterocycles. The summed E-state index contributed by atoms with van der Waals surface area (Å²) < 4.78 is 0. The van der Waals surface area contributed by atoms with E-state index in [1.54, 1.807) is 0 Å². The molecule has 1 N–H and O–H groups in total. The number of rotatable bonds is 4. The standard InChI is InChI=1S/C13H16N4/c1-2-7-12-15-13(17-16-12)10-11-8-5-3-4-6-9-14-11/h2-6H,1,7-10H2,(H,15,16,17)/b5-3-,6-4-,14-11-. The first-order valence-electron chi connectivity index (χ1n) is 5.73. The number of nitrogens with zero attached hydrogens (tertiary/aromatic N) is 3. The van der Waals surface area contributed by atoms with E-state index in [9.17, 15) is 0 Å². The van der Waals surface area contributed by atoms with Crippen LogP contribution in [0.4, 0.5) is 0 Å². The van der Waals surface area contributed by atoms with Crippen LogP contribution in [0.2, 0.25) is 0 Å². The number of hydrogen-bond acceptors (Lipinski definition) is 3. The molecule has 0 saturated carbocycles. The molecule has 0 saturated heterocycles. The van der Waals surface area contributed by atoms with Gasteiger partial charge in [0.1, 0.15) is 5.82 Å². The summed E-state index contributed by atoms with van der Waals surface area (Å²) in [5.41, 5.74) is 1.12. The summed E-state index contributed by atoms with van der Waals surface area (Å²) in [7, 11) is 0. The van der Waals surface area contributed by atoms with Gasteiger partial charge in [0.15, 0.2) is 5.82 Å². The van der Waals surface area contributed by atoms with Crippen LogP contribution in [0.25, 0.3) is 0 Å². The molecule has 1 aliphatic rings. The van der Waals surface area contributed by atoms with E-state index in [2.05, 4.69) is 38.9 Å². The molecule has 0 atom stereocenters. The molecule has 0 spiro atoms. The number of aromatic nitrogens is 3. The van der Waals surface area contributed by atoms with Crippen molar-refractivity contribution in [1.82, 2.24) is 15.2 Å². The van der Waals surface area contributed by atoms with Crippen molar-refractivity contribution >= 4 is 5.71 Å². The number of aliphatic imine (C=N–C) groups is 1. The highest BCUT2D eigenvalue weighted by Gasteiger charge is 2.06. The topological polar surface area (TPSA) is 53.9 Å². The highest BCUT2D eigenvalue weighted by atomic mass is 15.2. The van der Waals surface area contributed by atoms with E-state index < -0.39 is 0 Å². The van der Waals surface area contributed by atoms with Crippen LogP contribution in [0.3, 0.4) is 0 Å². The Morgan fingerprint density at radius 1 is 1.35 bits per heavy atom. The Balaban J connectivity index is 2.01. The first-order chi connectivity index (χ1) is 8.38. The van der Waals surface area contributed by atoms with Crippen LogP contribution in [0.5, 0.6) is 0 Å². The van der Waals surface area contributed by atoms with Crippen molar-refractivity contribution in [3.8, 4) is 0 Å². The van der Waals surface area contributed by atoms with E-state index in [0.29, 0.717) is 6.42 Å². The maximum absolute atomic E-state index is 4.50. The lowest BCUT2D eigenvalue weighted by Gasteiger charge is -2.01. The van der Waals surface area contributed by atoms with Gasteiger partial charge >= 0.3 is 0 Å². The first-order valence-corrected chi connectivity index (χ1v) is 5.73. The van der Waals surface area contributed by atoms with Crippen molar-refractivity contribution in [2.24, 2.45) is 4.99 Å². The molecule has 0 unspecified atom stereocenters. The summed E-state index contributed by atoms with van der Waals surface area (Å²) >= 11 is 0. The molecule has 0 aliphatic carbocycles. The van der Waals surface area contributed by atoms with Crippen molar-refractivity contribution < 1.29 is 0 Å². The Bertz CT molecular complexity index is 466. The van der Waals surface area contributed by atoms with Crippen LogP contribution in [-0.4, -0.2) is 27.4 Å². The summed E-state index contributed by atoms with van der Waals surface area (Å²) in [6.45, 7) is 4.42. The normalized spacial score (nSPS) is 22.0. The molecule has 0 bridgehead atoms. The van der Waals surface area contributed by atoms with Crippen LogP contribution in [-0.2, 0) is 12.8 Å². The zero-order valence-electron chi connectivity index (χ0n) is 9.76. The lowest BCUT2D eigenvalue weighted by atomic mass is 10.1. The van der Waals surface area contributed by atoms with Gasteiger partial charge < -0.3 is 0 Å². The van der Waals surface area contributed by atoms with Gasteiger partial charge in [0.25, 0.3) is 0 Å². The summed E-state index contributed by atoms with van der Waals surface area (Å²) in [5.74, 6) is 1.66. The smallest absolute Gasteiger partial charge is 0.156 e. The van der Waals surface area contributed by atoms with Crippen molar-refractivity contribution in [3.63, 3.8) is 0 Å². The SMILES string of the molecule is C=CCc1nc(C/C2=N\C/C=C\C=C/C2)n[nH]1. The fourth-order valence-corrected chi connectivity index (χ4v) is 1.62. The molecule has 4 heteroatoms. The molecule has 88 valence electrons. The van der Waals surface area contributed by atoms with Crippen molar-refractivity contribution in [2.75, 3.05) is 6.54 Å². The van der Waals surface area contributed by atoms with Crippen molar-refractivity contribution in [2.45, 2.75) is 19.3 Å². The van der Waals surface area contributed by atoms with E-state index in [1.165, 1.54) is 0 Å². The first kappa shape index (κ1) is 11.5. The van der Waals surface area contributed by atoms with E-state index in [-0.39, 0.29) is 0 Å². The third-order valence-corrected chi connectivity index (χ3v) is 2.43. The van der Waals surface area contributed by atoms with Gasteiger partial charge in [-0.25, -0.2) is 4.98 Å². The minimum Gasteiger partial charge on any atom is -0.289 e. The Morgan fingerprint density at radius 2 is 2.24 bits per heavy atom. The van der Waals surface area contributed by atoms with Crippen molar-refractivity contribution in [1.29, 1.82) is 0 Å². The van der Waals surface area contributed by atoms with Crippen LogP contribution < -0.4 is 0 Å². The minimum atomic E-state index is 0.714. The zero-order chi connectivity index (χ0) is 11.9. The van der Waals surface area contributed by atoms with Gasteiger partial charge in [-0.3, -0.25) is 10.1 Å². The molecule has 0 fully saturated rings. The second kappa shape index (κ2) is 5.94. The highest BCUT2D eigenvalue weighted by Crippen LogP contribution is 2.02. The van der Waals surface area contributed by atoms with E-state index in [1.807, 2.05) is 18.2 Å². The average Bonchev–Trinajstić information content (AvgIpc) is 2.70. The monoisotopic (exact) mass is 228 g/mol. The molecule has 1 aliphatic heterocycles. The quantitative estimate of drug-likeness (QED) is 0.802. The number of H-pyrrole nitrogens is 1. The fourth-order valence-electron chi connectivity index (χ4n) is 1.62. The van der Waals surface area contributed by atoms with Gasteiger partial charge in [-0.05, 0) is 0 Å². The fraction of sp³-hybridized carbons (Fsp3) is 0.308.